The van der Waals surface area contributed by atoms with E-state index in [0.29, 0.717) is 13.0 Å². The van der Waals surface area contributed by atoms with Crippen LogP contribution in [-0.4, -0.2) is 62.9 Å². The molecule has 0 unspecified atom stereocenters. The van der Waals surface area contributed by atoms with Gasteiger partial charge in [-0.25, -0.2) is 13.1 Å². The smallest absolute Gasteiger partial charge is 0.308 e. The van der Waals surface area contributed by atoms with Gasteiger partial charge in [-0.15, -0.1) is 0 Å². The molecule has 0 aliphatic rings. The monoisotopic (exact) mass is 386 g/mol. The van der Waals surface area contributed by atoms with Crippen LogP contribution in [0.15, 0.2) is 30.3 Å². The van der Waals surface area contributed by atoms with E-state index in [2.05, 4.69) is 4.72 Å². The number of carbonyl (C=O) groups is 2. The van der Waals surface area contributed by atoms with Crippen LogP contribution in [0.25, 0.3) is 0 Å². The lowest BCUT2D eigenvalue weighted by Crippen LogP contribution is -2.43. The highest BCUT2D eigenvalue weighted by molar-refractivity contribution is 7.89. The molecule has 0 aliphatic carbocycles. The first-order valence-corrected chi connectivity index (χ1v) is 9.91. The number of sulfonamides is 1. The van der Waals surface area contributed by atoms with Gasteiger partial charge < -0.3 is 14.7 Å². The van der Waals surface area contributed by atoms with Crippen LogP contribution in [0.4, 0.5) is 0 Å². The molecule has 1 rings (SSSR count). The van der Waals surface area contributed by atoms with E-state index >= 15 is 0 Å². The van der Waals surface area contributed by atoms with E-state index in [-0.39, 0.29) is 18.8 Å². The van der Waals surface area contributed by atoms with Crippen molar-refractivity contribution in [3.8, 4) is 0 Å². The number of hydrogen-bond donors (Lipinski definition) is 2. The summed E-state index contributed by atoms with van der Waals surface area (Å²) in [4.78, 5) is 24.9. The third-order valence-corrected chi connectivity index (χ3v) is 5.10. The van der Waals surface area contributed by atoms with Crippen molar-refractivity contribution < 1.29 is 27.9 Å². The van der Waals surface area contributed by atoms with Crippen LogP contribution in [0.5, 0.6) is 0 Å². The van der Waals surface area contributed by atoms with Gasteiger partial charge in [-0.1, -0.05) is 37.3 Å². The van der Waals surface area contributed by atoms with Crippen molar-refractivity contribution in [3.05, 3.63) is 35.9 Å². The van der Waals surface area contributed by atoms with E-state index in [1.54, 1.807) is 0 Å². The molecule has 8 nitrogen and oxygen atoms in total. The van der Waals surface area contributed by atoms with Crippen LogP contribution >= 0.6 is 0 Å². The number of carbonyl (C=O) groups excluding carboxylic acids is 1. The second-order valence-corrected chi connectivity index (χ2v) is 7.91. The first-order chi connectivity index (χ1) is 12.2. The quantitative estimate of drug-likeness (QED) is 0.511. The third kappa shape index (κ3) is 8.41. The van der Waals surface area contributed by atoms with Crippen LogP contribution in [-0.2, 0) is 30.9 Å². The number of methoxy groups -OCH3 is 1. The van der Waals surface area contributed by atoms with Gasteiger partial charge in [0.05, 0.1) is 18.2 Å². The topological polar surface area (TPSA) is 113 Å². The van der Waals surface area contributed by atoms with Crippen molar-refractivity contribution in [1.29, 1.82) is 0 Å². The highest BCUT2D eigenvalue weighted by Gasteiger charge is 2.22. The fraction of sp³-hybridized carbons (Fsp3) is 0.529. The Kier molecular flexibility index (Phi) is 9.25. The summed E-state index contributed by atoms with van der Waals surface area (Å²) in [6.45, 7) is 1.61. The first-order valence-electron chi connectivity index (χ1n) is 8.26. The van der Waals surface area contributed by atoms with Crippen molar-refractivity contribution in [2.45, 2.75) is 19.9 Å². The molecule has 0 heterocycles. The maximum absolute atomic E-state index is 12.5. The normalized spacial score (nSPS) is 12.5. The molecule has 1 atom stereocenters. The maximum Gasteiger partial charge on any atom is 0.308 e. The molecule has 0 bridgehead atoms. The molecule has 1 aromatic carbocycles. The van der Waals surface area contributed by atoms with Crippen molar-refractivity contribution >= 4 is 21.9 Å². The number of benzene rings is 1. The summed E-state index contributed by atoms with van der Waals surface area (Å²) in [5.74, 6) is -2.40. The zero-order chi connectivity index (χ0) is 19.6. The van der Waals surface area contributed by atoms with E-state index in [9.17, 15) is 18.0 Å². The van der Waals surface area contributed by atoms with E-state index < -0.39 is 34.4 Å². The largest absolute Gasteiger partial charge is 0.481 e. The third-order valence-electron chi connectivity index (χ3n) is 3.69. The Labute approximate surface area is 154 Å². The minimum atomic E-state index is -3.59. The molecule has 0 radical (unpaired) electrons. The van der Waals surface area contributed by atoms with Gasteiger partial charge in [0.2, 0.25) is 15.9 Å². The fourth-order valence-electron chi connectivity index (χ4n) is 2.22. The maximum atomic E-state index is 12.5. The SMILES string of the molecule is COCCCS(=O)(=O)NCC(=O)N(Cc1ccccc1)C[C@H](C)C(=O)O. The van der Waals surface area contributed by atoms with Crippen molar-refractivity contribution in [2.24, 2.45) is 5.92 Å². The van der Waals surface area contributed by atoms with E-state index in [1.807, 2.05) is 30.3 Å². The number of carboxylic acids is 1. The molecule has 2 N–H and O–H groups in total. The van der Waals surface area contributed by atoms with Crippen molar-refractivity contribution in [3.63, 3.8) is 0 Å². The van der Waals surface area contributed by atoms with Crippen LogP contribution < -0.4 is 4.72 Å². The first kappa shape index (κ1) is 22.1. The highest BCUT2D eigenvalue weighted by atomic mass is 32.2. The summed E-state index contributed by atoms with van der Waals surface area (Å²) in [6.07, 6.45) is 0.323. The molecular weight excluding hydrogens is 360 g/mol. The molecular formula is C17H26N2O6S. The number of nitrogens with zero attached hydrogens (tertiary/aromatic N) is 1. The fourth-order valence-corrected chi connectivity index (χ4v) is 3.20. The predicted molar refractivity (Wildman–Crippen MR) is 96.9 cm³/mol. The summed E-state index contributed by atoms with van der Waals surface area (Å²) in [5.41, 5.74) is 0.835. The molecule has 26 heavy (non-hydrogen) atoms. The molecule has 0 spiro atoms. The van der Waals surface area contributed by atoms with Gasteiger partial charge in [0.25, 0.3) is 0 Å². The van der Waals surface area contributed by atoms with Crippen LogP contribution in [0.3, 0.4) is 0 Å². The molecule has 0 fully saturated rings. The Bertz CT molecular complexity index is 678. The Balaban J connectivity index is 2.72. The number of aliphatic carboxylic acids is 1. The van der Waals surface area contributed by atoms with Crippen LogP contribution in [0.1, 0.15) is 18.9 Å². The van der Waals surface area contributed by atoms with Gasteiger partial charge in [-0.2, -0.15) is 0 Å². The zero-order valence-corrected chi connectivity index (χ0v) is 15.9. The number of hydrogen-bond acceptors (Lipinski definition) is 5. The van der Waals surface area contributed by atoms with Gasteiger partial charge in [-0.05, 0) is 12.0 Å². The van der Waals surface area contributed by atoms with Crippen molar-refractivity contribution in [2.75, 3.05) is 32.6 Å². The van der Waals surface area contributed by atoms with Crippen molar-refractivity contribution in [1.82, 2.24) is 9.62 Å². The lowest BCUT2D eigenvalue weighted by molar-refractivity contribution is -0.143. The number of carboxylic acid groups (broad SMARTS) is 1. The average Bonchev–Trinajstić information content (AvgIpc) is 2.60. The van der Waals surface area contributed by atoms with Gasteiger partial charge in [0.1, 0.15) is 0 Å². The van der Waals surface area contributed by atoms with Crippen LogP contribution in [0.2, 0.25) is 0 Å². The molecule has 146 valence electrons. The summed E-state index contributed by atoms with van der Waals surface area (Å²) in [6, 6.07) is 9.11. The molecule has 0 aromatic heterocycles. The highest BCUT2D eigenvalue weighted by Crippen LogP contribution is 2.08. The van der Waals surface area contributed by atoms with E-state index in [0.717, 1.165) is 5.56 Å². The van der Waals surface area contributed by atoms with E-state index in [1.165, 1.54) is 18.9 Å². The number of amides is 1. The van der Waals surface area contributed by atoms with Crippen LogP contribution in [0, 0.1) is 5.92 Å². The summed E-state index contributed by atoms with van der Waals surface area (Å²) >= 11 is 0. The summed E-state index contributed by atoms with van der Waals surface area (Å²) < 4.78 is 30.9. The number of rotatable bonds is 12. The molecule has 1 aromatic rings. The minimum absolute atomic E-state index is 0.00549. The van der Waals surface area contributed by atoms with Gasteiger partial charge >= 0.3 is 5.97 Å². The Morgan fingerprint density at radius 1 is 1.27 bits per heavy atom. The lowest BCUT2D eigenvalue weighted by atomic mass is 10.1. The van der Waals surface area contributed by atoms with Gasteiger partial charge in [0, 0.05) is 26.8 Å². The number of ether oxygens (including phenoxy) is 1. The van der Waals surface area contributed by atoms with Gasteiger partial charge in [-0.3, -0.25) is 9.59 Å². The zero-order valence-electron chi connectivity index (χ0n) is 15.1. The molecule has 0 saturated heterocycles. The molecule has 0 saturated carbocycles. The second kappa shape index (κ2) is 10.9. The van der Waals surface area contributed by atoms with Gasteiger partial charge in [0.15, 0.2) is 0 Å². The second-order valence-electron chi connectivity index (χ2n) is 5.99. The summed E-state index contributed by atoms with van der Waals surface area (Å²) in [7, 11) is -2.11. The van der Waals surface area contributed by atoms with E-state index in [4.69, 9.17) is 9.84 Å². The Morgan fingerprint density at radius 3 is 2.50 bits per heavy atom. The molecule has 0 aliphatic heterocycles. The molecule has 1 amide bonds. The standard InChI is InChI=1S/C17H26N2O6S/c1-14(17(21)22)12-19(13-15-7-4-3-5-8-15)16(20)11-18-26(23,24)10-6-9-25-2/h3-5,7-8,14,18H,6,9-13H2,1-2H3,(H,21,22)/t14-/m0/s1. The Hall–Kier alpha value is -1.97. The average molecular weight is 386 g/mol. The lowest BCUT2D eigenvalue weighted by Gasteiger charge is -2.25. The molecule has 9 heteroatoms. The summed E-state index contributed by atoms with van der Waals surface area (Å²) in [5, 5.41) is 9.10. The Morgan fingerprint density at radius 2 is 1.92 bits per heavy atom. The number of nitrogens with one attached hydrogen (secondary N) is 1. The predicted octanol–water partition coefficient (Wildman–Crippen LogP) is 0.692. The minimum Gasteiger partial charge on any atom is -0.481 e.